The van der Waals surface area contributed by atoms with Gasteiger partial charge in [-0.05, 0) is 55.3 Å². The second-order valence-corrected chi connectivity index (χ2v) is 12.4. The third-order valence-corrected chi connectivity index (χ3v) is 9.32. The van der Waals surface area contributed by atoms with Crippen molar-refractivity contribution in [3.63, 3.8) is 0 Å². The van der Waals surface area contributed by atoms with Gasteiger partial charge in [-0.15, -0.1) is 11.3 Å². The van der Waals surface area contributed by atoms with Crippen LogP contribution < -0.4 is 15.6 Å². The number of ether oxygens (including phenoxy) is 2. The second-order valence-electron chi connectivity index (χ2n) is 9.22. The second kappa shape index (κ2) is 12.6. The van der Waals surface area contributed by atoms with Crippen LogP contribution in [0, 0.1) is 6.92 Å². The van der Waals surface area contributed by atoms with Crippen LogP contribution in [-0.4, -0.2) is 61.5 Å². The van der Waals surface area contributed by atoms with Gasteiger partial charge in [-0.2, -0.15) is 0 Å². The molecule has 4 rings (SSSR count). The van der Waals surface area contributed by atoms with Gasteiger partial charge < -0.3 is 14.8 Å². The quantitative estimate of drug-likeness (QED) is 0.203. The lowest BCUT2D eigenvalue weighted by Crippen LogP contribution is -2.33. The molecule has 1 amide bonds. The summed E-state index contributed by atoms with van der Waals surface area (Å²) in [4.78, 5) is 44.5. The van der Waals surface area contributed by atoms with Crippen LogP contribution in [0.1, 0.15) is 34.6 Å². The Morgan fingerprint density at radius 3 is 2.39 bits per heavy atom. The zero-order valence-electron chi connectivity index (χ0n) is 23.0. The molecule has 1 unspecified atom stereocenters. The Balaban J connectivity index is 1.49. The first-order valence-corrected chi connectivity index (χ1v) is 15.0. The highest BCUT2D eigenvalue weighted by molar-refractivity contribution is 7.89. The molecule has 13 heteroatoms. The van der Waals surface area contributed by atoms with E-state index in [9.17, 15) is 22.8 Å². The number of carbonyl (C=O) groups excluding carboxylic acids is 2. The van der Waals surface area contributed by atoms with Gasteiger partial charge in [0.2, 0.25) is 15.9 Å². The summed E-state index contributed by atoms with van der Waals surface area (Å²) in [5.74, 6) is -0.391. The third kappa shape index (κ3) is 6.47. The highest BCUT2D eigenvalue weighted by Crippen LogP contribution is 2.28. The van der Waals surface area contributed by atoms with Gasteiger partial charge in [0.25, 0.3) is 5.56 Å². The van der Waals surface area contributed by atoms with Crippen LogP contribution in [0.15, 0.2) is 70.6 Å². The maximum atomic E-state index is 13.5. The Hall–Kier alpha value is -4.07. The van der Waals surface area contributed by atoms with E-state index in [1.807, 2.05) is 18.2 Å². The largest absolute Gasteiger partial charge is 0.490 e. The number of aromatic nitrogens is 2. The van der Waals surface area contributed by atoms with E-state index >= 15 is 0 Å². The molecule has 2 aromatic heterocycles. The fourth-order valence-corrected chi connectivity index (χ4v) is 6.02. The average Bonchev–Trinajstić information content (AvgIpc) is 3.30. The number of anilines is 1. The van der Waals surface area contributed by atoms with E-state index in [0.29, 0.717) is 21.8 Å². The molecule has 0 radical (unpaired) electrons. The summed E-state index contributed by atoms with van der Waals surface area (Å²) in [6.07, 6.45) is 1.58. The van der Waals surface area contributed by atoms with Gasteiger partial charge in [0.1, 0.15) is 34.7 Å². The Kier molecular flexibility index (Phi) is 9.21. The van der Waals surface area contributed by atoms with Crippen molar-refractivity contribution < 1.29 is 27.5 Å². The number of esters is 1. The zero-order chi connectivity index (χ0) is 29.7. The van der Waals surface area contributed by atoms with E-state index in [4.69, 9.17) is 9.47 Å². The minimum Gasteiger partial charge on any atom is -0.490 e. The van der Waals surface area contributed by atoms with E-state index in [-0.39, 0.29) is 34.8 Å². The zero-order valence-corrected chi connectivity index (χ0v) is 24.6. The first-order valence-electron chi connectivity index (χ1n) is 12.7. The molecule has 2 heterocycles. The van der Waals surface area contributed by atoms with Crippen molar-refractivity contribution >= 4 is 49.1 Å². The molecule has 0 fully saturated rings. The van der Waals surface area contributed by atoms with E-state index in [1.54, 1.807) is 26.0 Å². The predicted molar refractivity (Wildman–Crippen MR) is 156 cm³/mol. The number of amides is 1. The number of rotatable bonds is 11. The molecule has 0 aliphatic carbocycles. The molecule has 0 aliphatic rings. The maximum Gasteiger partial charge on any atom is 0.348 e. The minimum atomic E-state index is -3.61. The van der Waals surface area contributed by atoms with Gasteiger partial charge >= 0.3 is 5.97 Å². The lowest BCUT2D eigenvalue weighted by molar-refractivity contribution is -0.119. The smallest absolute Gasteiger partial charge is 0.348 e. The summed E-state index contributed by atoms with van der Waals surface area (Å²) in [5.41, 5.74) is 0.352. The number of thiophene rings is 1. The summed E-state index contributed by atoms with van der Waals surface area (Å²) in [6.45, 7) is 3.60. The van der Waals surface area contributed by atoms with Crippen molar-refractivity contribution in [3.05, 3.63) is 81.7 Å². The summed E-state index contributed by atoms with van der Waals surface area (Å²) >= 11 is 1.05. The predicted octanol–water partition coefficient (Wildman–Crippen LogP) is 3.84. The molecule has 1 N–H and O–H groups in total. The molecule has 1 atom stereocenters. The number of hydrogen-bond acceptors (Lipinski definition) is 9. The molecule has 0 aliphatic heterocycles. The summed E-state index contributed by atoms with van der Waals surface area (Å²) < 4.78 is 37.8. The molecule has 11 nitrogen and oxygen atoms in total. The van der Waals surface area contributed by atoms with Crippen LogP contribution in [-0.2, 0) is 19.6 Å². The normalized spacial score (nSPS) is 12.3. The van der Waals surface area contributed by atoms with Crippen molar-refractivity contribution in [1.29, 1.82) is 0 Å². The molecular weight excluding hydrogens is 568 g/mol. The Labute approximate surface area is 241 Å². The van der Waals surface area contributed by atoms with Crippen LogP contribution in [0.4, 0.5) is 5.69 Å². The van der Waals surface area contributed by atoms with Crippen LogP contribution in [0.2, 0.25) is 0 Å². The number of nitrogens with one attached hydrogen (secondary N) is 1. The number of benzene rings is 2. The minimum absolute atomic E-state index is 0.0270. The number of nitrogens with zero attached hydrogens (tertiary/aromatic N) is 3. The summed E-state index contributed by atoms with van der Waals surface area (Å²) in [7, 11) is -0.744. The summed E-state index contributed by atoms with van der Waals surface area (Å²) in [5, 5.41) is 2.98. The molecule has 0 saturated heterocycles. The van der Waals surface area contributed by atoms with E-state index < -0.39 is 33.5 Å². The van der Waals surface area contributed by atoms with Gasteiger partial charge in [0.15, 0.2) is 0 Å². The van der Waals surface area contributed by atoms with Crippen LogP contribution >= 0.6 is 11.3 Å². The monoisotopic (exact) mass is 598 g/mol. The average molecular weight is 599 g/mol. The standard InChI is InChI=1S/C28H30N4O7S2/c1-5-22(25(33)30-19-11-13-21(14-12-19)41(36,37)31(3)4)32-17-29-26-23(27(32)34)18(2)24(40-26)28(35)39-16-15-38-20-9-7-6-8-10-20/h6-14,17,22H,5,15-16H2,1-4H3,(H,30,33). The van der Waals surface area contributed by atoms with E-state index in [0.717, 1.165) is 15.6 Å². The molecule has 216 valence electrons. The van der Waals surface area contributed by atoms with Gasteiger partial charge in [-0.1, -0.05) is 25.1 Å². The van der Waals surface area contributed by atoms with Gasteiger partial charge in [0.05, 0.1) is 16.6 Å². The molecule has 41 heavy (non-hydrogen) atoms. The van der Waals surface area contributed by atoms with Gasteiger partial charge in [0, 0.05) is 19.8 Å². The third-order valence-electron chi connectivity index (χ3n) is 6.32. The fraction of sp³-hybridized carbons (Fsp3) is 0.286. The van der Waals surface area contributed by atoms with Crippen LogP contribution in [0.5, 0.6) is 5.75 Å². The van der Waals surface area contributed by atoms with Gasteiger partial charge in [-0.25, -0.2) is 22.5 Å². The number of fused-ring (bicyclic) bond motifs is 1. The van der Waals surface area contributed by atoms with E-state index in [1.165, 1.54) is 49.3 Å². The molecular formula is C28H30N4O7S2. The number of sulfonamides is 1. The highest BCUT2D eigenvalue weighted by atomic mass is 32.2. The number of aryl methyl sites for hydroxylation is 1. The Morgan fingerprint density at radius 1 is 1.07 bits per heavy atom. The summed E-state index contributed by atoms with van der Waals surface area (Å²) in [6, 6.07) is 14.0. The lowest BCUT2D eigenvalue weighted by atomic mass is 10.1. The molecule has 4 aromatic rings. The Morgan fingerprint density at radius 2 is 1.76 bits per heavy atom. The molecule has 0 spiro atoms. The lowest BCUT2D eigenvalue weighted by Gasteiger charge is -2.18. The Bertz CT molecular complexity index is 1710. The van der Waals surface area contributed by atoms with Crippen molar-refractivity contribution in [3.8, 4) is 5.75 Å². The number of para-hydroxylation sites is 1. The maximum absolute atomic E-state index is 13.5. The molecule has 2 aromatic carbocycles. The topological polar surface area (TPSA) is 137 Å². The van der Waals surface area contributed by atoms with Crippen molar-refractivity contribution in [2.24, 2.45) is 0 Å². The van der Waals surface area contributed by atoms with Crippen molar-refractivity contribution in [2.75, 3.05) is 32.6 Å². The molecule has 0 saturated carbocycles. The van der Waals surface area contributed by atoms with Crippen LogP contribution in [0.25, 0.3) is 10.2 Å². The highest BCUT2D eigenvalue weighted by Gasteiger charge is 2.25. The first-order chi connectivity index (χ1) is 19.5. The molecule has 0 bridgehead atoms. The fourth-order valence-electron chi connectivity index (χ4n) is 4.09. The number of carbonyl (C=O) groups is 2. The number of hydrogen-bond donors (Lipinski definition) is 1. The van der Waals surface area contributed by atoms with Crippen LogP contribution in [0.3, 0.4) is 0 Å². The first kappa shape index (κ1) is 29.9. The van der Waals surface area contributed by atoms with E-state index in [2.05, 4.69) is 10.3 Å². The SMILES string of the molecule is CCC(C(=O)Nc1ccc(S(=O)(=O)N(C)C)cc1)n1cnc2sc(C(=O)OCCOc3ccccc3)c(C)c2c1=O. The van der Waals surface area contributed by atoms with Crippen molar-refractivity contribution in [2.45, 2.75) is 31.2 Å². The van der Waals surface area contributed by atoms with Crippen molar-refractivity contribution in [1.82, 2.24) is 13.9 Å². The van der Waals surface area contributed by atoms with Gasteiger partial charge in [-0.3, -0.25) is 14.2 Å².